The largest absolute Gasteiger partial charge is 0.426 e. The van der Waals surface area contributed by atoms with Crippen molar-refractivity contribution in [2.75, 3.05) is 0 Å². The van der Waals surface area contributed by atoms with Gasteiger partial charge in [0, 0.05) is 0 Å². The second-order valence-electron chi connectivity index (χ2n) is 8.50. The van der Waals surface area contributed by atoms with Crippen LogP contribution in [0, 0.1) is 22.7 Å². The van der Waals surface area contributed by atoms with Gasteiger partial charge in [-0.1, -0.05) is 64.5 Å². The topological polar surface area (TPSA) is 50.1 Å². The summed E-state index contributed by atoms with van der Waals surface area (Å²) in [5, 5.41) is 9.73. The Kier molecular flexibility index (Phi) is 9.55. The van der Waals surface area contributed by atoms with Gasteiger partial charge in [0.2, 0.25) is 0 Å². The van der Waals surface area contributed by atoms with Crippen LogP contribution in [-0.4, -0.2) is 5.97 Å². The van der Waals surface area contributed by atoms with E-state index in [4.69, 9.17) is 4.74 Å². The fourth-order valence-corrected chi connectivity index (χ4v) is 4.20. The van der Waals surface area contributed by atoms with Crippen LogP contribution in [0.3, 0.4) is 0 Å². The molecule has 154 valence electrons. The minimum atomic E-state index is -0.218. The number of nitriles is 1. The summed E-state index contributed by atoms with van der Waals surface area (Å²) in [6.07, 6.45) is 13.8. The van der Waals surface area contributed by atoms with E-state index in [1.54, 1.807) is 0 Å². The first kappa shape index (κ1) is 22.5. The lowest BCUT2D eigenvalue weighted by atomic mass is 9.69. The van der Waals surface area contributed by atoms with Crippen molar-refractivity contribution in [2.24, 2.45) is 11.3 Å². The van der Waals surface area contributed by atoms with E-state index in [9.17, 15) is 10.1 Å². The number of hydrogen-bond acceptors (Lipinski definition) is 3. The molecule has 1 aliphatic rings. The van der Waals surface area contributed by atoms with E-state index in [0.717, 1.165) is 44.9 Å². The van der Waals surface area contributed by atoms with Crippen molar-refractivity contribution in [2.45, 2.75) is 97.3 Å². The molecule has 0 heterocycles. The zero-order valence-electron chi connectivity index (χ0n) is 17.8. The standard InChI is InChI=1S/C25H37NO2/c1-3-5-7-8-9-17-25(20-26)18-15-22(16-19-25)24(27)28-23-13-11-21(12-14-23)10-6-4-2/h11-14,22H,3-10,15-19H2,1-2H3/t22-,25+. The minimum absolute atomic E-state index is 0.0682. The molecule has 0 aromatic heterocycles. The Morgan fingerprint density at radius 2 is 1.68 bits per heavy atom. The minimum Gasteiger partial charge on any atom is -0.426 e. The molecule has 1 fully saturated rings. The maximum absolute atomic E-state index is 12.6. The van der Waals surface area contributed by atoms with E-state index >= 15 is 0 Å². The van der Waals surface area contributed by atoms with Gasteiger partial charge in [0.1, 0.15) is 5.75 Å². The van der Waals surface area contributed by atoms with Crippen molar-refractivity contribution < 1.29 is 9.53 Å². The Balaban J connectivity index is 1.78. The molecule has 1 aromatic rings. The Morgan fingerprint density at radius 1 is 1.04 bits per heavy atom. The quantitative estimate of drug-likeness (QED) is 0.235. The number of esters is 1. The van der Waals surface area contributed by atoms with Crippen molar-refractivity contribution in [1.29, 1.82) is 5.26 Å². The summed E-state index contributed by atoms with van der Waals surface area (Å²) in [5.41, 5.74) is 1.07. The lowest BCUT2D eigenvalue weighted by molar-refractivity contribution is -0.140. The van der Waals surface area contributed by atoms with Crippen molar-refractivity contribution in [3.63, 3.8) is 0 Å². The smallest absolute Gasteiger partial charge is 0.314 e. The van der Waals surface area contributed by atoms with E-state index < -0.39 is 0 Å². The zero-order chi connectivity index (χ0) is 20.2. The van der Waals surface area contributed by atoms with Gasteiger partial charge in [0.25, 0.3) is 0 Å². The van der Waals surface area contributed by atoms with Crippen LogP contribution in [0.4, 0.5) is 0 Å². The van der Waals surface area contributed by atoms with Crippen LogP contribution in [0.15, 0.2) is 24.3 Å². The van der Waals surface area contributed by atoms with Crippen molar-refractivity contribution >= 4 is 5.97 Å². The van der Waals surface area contributed by atoms with Crippen LogP contribution in [0.2, 0.25) is 0 Å². The van der Waals surface area contributed by atoms with Crippen LogP contribution in [0.1, 0.15) is 96.5 Å². The summed E-state index contributed by atoms with van der Waals surface area (Å²) in [6, 6.07) is 10.5. The van der Waals surface area contributed by atoms with E-state index in [2.05, 4.69) is 32.0 Å². The highest BCUT2D eigenvalue weighted by Gasteiger charge is 2.37. The number of hydrogen-bond donors (Lipinski definition) is 0. The highest BCUT2D eigenvalue weighted by Crippen LogP contribution is 2.42. The van der Waals surface area contributed by atoms with E-state index in [0.29, 0.717) is 5.75 Å². The molecule has 3 nitrogen and oxygen atoms in total. The van der Waals surface area contributed by atoms with Gasteiger partial charge in [-0.25, -0.2) is 0 Å². The molecule has 0 aliphatic heterocycles. The Bertz CT molecular complexity index is 621. The summed E-state index contributed by atoms with van der Waals surface area (Å²) in [7, 11) is 0. The number of rotatable bonds is 11. The summed E-state index contributed by atoms with van der Waals surface area (Å²) in [5.74, 6) is 0.440. The molecular weight excluding hydrogens is 346 g/mol. The number of unbranched alkanes of at least 4 members (excludes halogenated alkanes) is 5. The van der Waals surface area contributed by atoms with Gasteiger partial charge in [0.15, 0.2) is 0 Å². The van der Waals surface area contributed by atoms with Crippen LogP contribution < -0.4 is 4.74 Å². The average Bonchev–Trinajstić information content (AvgIpc) is 2.73. The molecule has 1 aliphatic carbocycles. The first-order chi connectivity index (χ1) is 13.6. The molecule has 3 heteroatoms. The van der Waals surface area contributed by atoms with Crippen LogP contribution in [0.5, 0.6) is 5.75 Å². The van der Waals surface area contributed by atoms with Crippen LogP contribution in [-0.2, 0) is 11.2 Å². The fraction of sp³-hybridized carbons (Fsp3) is 0.680. The maximum atomic E-state index is 12.6. The SMILES string of the molecule is CCCCCCC[C@]1(C#N)CC[C@@H](C(=O)Oc2ccc(CCCC)cc2)CC1. The first-order valence-corrected chi connectivity index (χ1v) is 11.3. The molecule has 0 atom stereocenters. The van der Waals surface area contributed by atoms with Gasteiger partial charge in [-0.15, -0.1) is 0 Å². The lowest BCUT2D eigenvalue weighted by Crippen LogP contribution is -2.31. The monoisotopic (exact) mass is 383 g/mol. The maximum Gasteiger partial charge on any atom is 0.314 e. The number of benzene rings is 1. The summed E-state index contributed by atoms with van der Waals surface area (Å²) >= 11 is 0. The van der Waals surface area contributed by atoms with Crippen LogP contribution in [0.25, 0.3) is 0 Å². The molecule has 0 unspecified atom stereocenters. The van der Waals surface area contributed by atoms with Crippen molar-refractivity contribution in [1.82, 2.24) is 0 Å². The van der Waals surface area contributed by atoms with Gasteiger partial charge in [-0.2, -0.15) is 5.26 Å². The first-order valence-electron chi connectivity index (χ1n) is 11.3. The average molecular weight is 384 g/mol. The predicted octanol–water partition coefficient (Wildman–Crippen LogP) is 7.00. The van der Waals surface area contributed by atoms with Crippen LogP contribution >= 0.6 is 0 Å². The molecule has 1 saturated carbocycles. The number of nitrogens with zero attached hydrogens (tertiary/aromatic N) is 1. The molecule has 0 bridgehead atoms. The van der Waals surface area contributed by atoms with E-state index in [1.165, 1.54) is 44.1 Å². The Morgan fingerprint density at radius 3 is 2.29 bits per heavy atom. The number of carbonyl (C=O) groups is 1. The molecule has 2 rings (SSSR count). The second kappa shape index (κ2) is 11.9. The summed E-state index contributed by atoms with van der Waals surface area (Å²) in [6.45, 7) is 4.41. The molecule has 28 heavy (non-hydrogen) atoms. The van der Waals surface area contributed by atoms with Crippen molar-refractivity contribution in [3.8, 4) is 11.8 Å². The third-order valence-electron chi connectivity index (χ3n) is 6.23. The molecular formula is C25H37NO2. The predicted molar refractivity (Wildman–Crippen MR) is 114 cm³/mol. The molecule has 1 aromatic carbocycles. The fourth-order valence-electron chi connectivity index (χ4n) is 4.20. The second-order valence-corrected chi connectivity index (χ2v) is 8.50. The Hall–Kier alpha value is -1.82. The molecule has 0 spiro atoms. The number of aryl methyl sites for hydroxylation is 1. The van der Waals surface area contributed by atoms with E-state index in [-0.39, 0.29) is 17.3 Å². The highest BCUT2D eigenvalue weighted by atomic mass is 16.5. The third kappa shape index (κ3) is 6.97. The van der Waals surface area contributed by atoms with Gasteiger partial charge in [-0.3, -0.25) is 4.79 Å². The van der Waals surface area contributed by atoms with Gasteiger partial charge >= 0.3 is 5.97 Å². The number of ether oxygens (including phenoxy) is 1. The van der Waals surface area contributed by atoms with E-state index in [1.807, 2.05) is 12.1 Å². The number of carbonyl (C=O) groups excluding carboxylic acids is 1. The molecule has 0 N–H and O–H groups in total. The molecule has 0 amide bonds. The molecule has 0 saturated heterocycles. The molecule has 0 radical (unpaired) electrons. The highest BCUT2D eigenvalue weighted by molar-refractivity contribution is 5.75. The summed E-state index contributed by atoms with van der Waals surface area (Å²) < 4.78 is 5.62. The Labute approximate surface area is 171 Å². The van der Waals surface area contributed by atoms with Crippen molar-refractivity contribution in [3.05, 3.63) is 29.8 Å². The van der Waals surface area contributed by atoms with Gasteiger partial charge < -0.3 is 4.74 Å². The lowest BCUT2D eigenvalue weighted by Gasteiger charge is -2.34. The van der Waals surface area contributed by atoms with Gasteiger partial charge in [0.05, 0.1) is 17.4 Å². The zero-order valence-corrected chi connectivity index (χ0v) is 17.8. The normalized spacial score (nSPS) is 21.8. The van der Waals surface area contributed by atoms with Gasteiger partial charge in [-0.05, 0) is 62.6 Å². The summed E-state index contributed by atoms with van der Waals surface area (Å²) in [4.78, 5) is 12.6. The third-order valence-corrected chi connectivity index (χ3v) is 6.23.